The molecule has 1 aromatic heterocycles. The first kappa shape index (κ1) is 19.2. The molecule has 6 heteroatoms. The molecule has 0 fully saturated rings. The first-order valence-electron chi connectivity index (χ1n) is 9.09. The molecule has 3 aromatic carbocycles. The lowest BCUT2D eigenvalue weighted by atomic mass is 10.0. The highest BCUT2D eigenvalue weighted by Gasteiger charge is 2.26. The maximum atomic E-state index is 14.5. The Labute approximate surface area is 165 Å². The average molecular weight is 397 g/mol. The number of aliphatic hydroxyl groups excluding tert-OH is 2. The van der Waals surface area contributed by atoms with Crippen molar-refractivity contribution >= 4 is 10.9 Å². The molecule has 2 atom stereocenters. The number of hydrogen-bond donors (Lipinski definition) is 2. The van der Waals surface area contributed by atoms with Crippen LogP contribution in [0.2, 0.25) is 0 Å². The van der Waals surface area contributed by atoms with Gasteiger partial charge >= 0.3 is 0 Å². The van der Waals surface area contributed by atoms with Gasteiger partial charge in [0.25, 0.3) is 0 Å². The largest absolute Gasteiger partial charge is 0.394 e. The first-order valence-corrected chi connectivity index (χ1v) is 9.09. The van der Waals surface area contributed by atoms with E-state index < -0.39 is 36.2 Å². The minimum Gasteiger partial charge on any atom is -0.394 e. The summed E-state index contributed by atoms with van der Waals surface area (Å²) in [5.41, 5.74) is 1.59. The number of aliphatic hydroxyl groups is 2. The van der Waals surface area contributed by atoms with Gasteiger partial charge in [-0.15, -0.1) is 0 Å². The van der Waals surface area contributed by atoms with E-state index in [2.05, 4.69) is 0 Å². The third kappa shape index (κ3) is 3.41. The number of rotatable bonds is 5. The number of fused-ring (bicyclic) bond motifs is 1. The zero-order valence-electron chi connectivity index (χ0n) is 15.3. The number of hydrogen-bond acceptors (Lipinski definition) is 2. The van der Waals surface area contributed by atoms with E-state index in [1.54, 1.807) is 41.1 Å². The quantitative estimate of drug-likeness (QED) is 0.514. The van der Waals surface area contributed by atoms with Gasteiger partial charge in [0.15, 0.2) is 11.6 Å². The predicted molar refractivity (Wildman–Crippen MR) is 105 cm³/mol. The van der Waals surface area contributed by atoms with Crippen molar-refractivity contribution in [1.29, 1.82) is 0 Å². The molecule has 0 aliphatic carbocycles. The second-order valence-electron chi connectivity index (χ2n) is 6.82. The van der Waals surface area contributed by atoms with E-state index in [9.17, 15) is 23.4 Å². The molecule has 3 nitrogen and oxygen atoms in total. The lowest BCUT2D eigenvalue weighted by molar-refractivity contribution is 0.0653. The van der Waals surface area contributed by atoms with Crippen molar-refractivity contribution in [2.75, 3.05) is 6.61 Å². The van der Waals surface area contributed by atoms with Crippen molar-refractivity contribution in [1.82, 2.24) is 4.57 Å². The summed E-state index contributed by atoms with van der Waals surface area (Å²) in [7, 11) is 0. The van der Waals surface area contributed by atoms with Crippen molar-refractivity contribution in [2.45, 2.75) is 12.1 Å². The molecule has 4 aromatic rings. The molecule has 0 saturated carbocycles. The van der Waals surface area contributed by atoms with Gasteiger partial charge in [-0.25, -0.2) is 13.2 Å². The second kappa shape index (κ2) is 7.73. The van der Waals surface area contributed by atoms with Crippen molar-refractivity contribution in [3.05, 3.63) is 95.9 Å². The summed E-state index contributed by atoms with van der Waals surface area (Å²) in [6.45, 7) is -0.558. The molecule has 2 N–H and O–H groups in total. The predicted octanol–water partition coefficient (Wildman–Crippen LogP) is 4.67. The molecule has 0 bridgehead atoms. The maximum absolute atomic E-state index is 14.5. The van der Waals surface area contributed by atoms with Crippen LogP contribution in [0.3, 0.4) is 0 Å². The van der Waals surface area contributed by atoms with E-state index in [-0.39, 0.29) is 5.56 Å². The number of benzene rings is 3. The topological polar surface area (TPSA) is 45.4 Å². The zero-order valence-corrected chi connectivity index (χ0v) is 15.3. The highest BCUT2D eigenvalue weighted by molar-refractivity contribution is 5.96. The molecule has 0 amide bonds. The molecule has 0 aliphatic rings. The van der Waals surface area contributed by atoms with Crippen molar-refractivity contribution in [3.63, 3.8) is 0 Å². The van der Waals surface area contributed by atoms with E-state index in [4.69, 9.17) is 0 Å². The highest BCUT2D eigenvalue weighted by Crippen LogP contribution is 2.37. The van der Waals surface area contributed by atoms with Crippen LogP contribution in [0.15, 0.2) is 72.9 Å². The Bertz CT molecular complexity index is 1170. The molecule has 0 saturated heterocycles. The van der Waals surface area contributed by atoms with Crippen LogP contribution in [0.4, 0.5) is 13.2 Å². The van der Waals surface area contributed by atoms with E-state index in [1.165, 1.54) is 30.3 Å². The van der Waals surface area contributed by atoms with Gasteiger partial charge in [-0.2, -0.15) is 0 Å². The summed E-state index contributed by atoms with van der Waals surface area (Å²) >= 11 is 0. The number of aromatic nitrogens is 1. The van der Waals surface area contributed by atoms with E-state index in [0.717, 1.165) is 6.07 Å². The summed E-state index contributed by atoms with van der Waals surface area (Å²) in [6, 6.07) is 15.9. The minimum absolute atomic E-state index is 0.0800. The summed E-state index contributed by atoms with van der Waals surface area (Å²) in [6.07, 6.45) is 0.356. The normalized spacial score (nSPS) is 13.6. The van der Waals surface area contributed by atoms with Crippen LogP contribution in [0.5, 0.6) is 0 Å². The van der Waals surface area contributed by atoms with Crippen LogP contribution in [0.1, 0.15) is 11.6 Å². The van der Waals surface area contributed by atoms with Crippen molar-refractivity contribution < 1.29 is 23.4 Å². The Balaban J connectivity index is 1.99. The molecular weight excluding hydrogens is 379 g/mol. The molecule has 0 aliphatic heterocycles. The van der Waals surface area contributed by atoms with Crippen LogP contribution in [0, 0.1) is 17.5 Å². The third-order valence-electron chi connectivity index (χ3n) is 5.02. The third-order valence-corrected chi connectivity index (χ3v) is 5.02. The van der Waals surface area contributed by atoms with Gasteiger partial charge in [-0.1, -0.05) is 42.5 Å². The SMILES string of the molecule is OC[C@@H](O)[C@H](c1cccc(F)c1)n1cc(-c2cccc(F)c2F)c2ccccc21. The molecule has 148 valence electrons. The van der Waals surface area contributed by atoms with Crippen molar-refractivity contribution in [3.8, 4) is 11.1 Å². The summed E-state index contributed by atoms with van der Waals surface area (Å²) in [4.78, 5) is 0. The lowest BCUT2D eigenvalue weighted by Gasteiger charge is -2.25. The fourth-order valence-corrected chi connectivity index (χ4v) is 3.72. The Hall–Kier alpha value is -3.09. The summed E-state index contributed by atoms with van der Waals surface area (Å²) < 4.78 is 43.8. The van der Waals surface area contributed by atoms with Crippen molar-refractivity contribution in [2.24, 2.45) is 0 Å². The molecule has 29 heavy (non-hydrogen) atoms. The van der Waals surface area contributed by atoms with Crippen LogP contribution in [-0.4, -0.2) is 27.5 Å². The van der Waals surface area contributed by atoms with Gasteiger partial charge in [0.1, 0.15) is 11.9 Å². The lowest BCUT2D eigenvalue weighted by Crippen LogP contribution is -2.28. The standard InChI is InChI=1S/C23H18F3NO2/c24-15-6-3-5-14(11-15)23(21(29)13-28)27-12-18(16-7-1-2-10-20(16)27)17-8-4-9-19(25)22(17)26/h1-12,21,23,28-29H,13H2/t21-,23+/m1/s1. The highest BCUT2D eigenvalue weighted by atomic mass is 19.2. The van der Waals surface area contributed by atoms with Crippen LogP contribution in [0.25, 0.3) is 22.0 Å². The first-order chi connectivity index (χ1) is 14.0. The van der Waals surface area contributed by atoms with E-state index in [0.29, 0.717) is 22.0 Å². The monoisotopic (exact) mass is 397 g/mol. The smallest absolute Gasteiger partial charge is 0.166 e. The van der Waals surface area contributed by atoms with E-state index in [1.807, 2.05) is 0 Å². The Morgan fingerprint density at radius 3 is 2.38 bits per heavy atom. The van der Waals surface area contributed by atoms with Gasteiger partial charge in [0, 0.05) is 28.2 Å². The van der Waals surface area contributed by atoms with Gasteiger partial charge in [-0.3, -0.25) is 0 Å². The Morgan fingerprint density at radius 2 is 1.62 bits per heavy atom. The Morgan fingerprint density at radius 1 is 0.862 bits per heavy atom. The van der Waals surface area contributed by atoms with Gasteiger partial charge in [-0.05, 0) is 29.8 Å². The average Bonchev–Trinajstić information content (AvgIpc) is 3.09. The molecule has 4 rings (SSSR count). The molecular formula is C23H18F3NO2. The summed E-state index contributed by atoms with van der Waals surface area (Å²) in [5.74, 6) is -2.41. The molecule has 0 spiro atoms. The Kier molecular flexibility index (Phi) is 5.13. The summed E-state index contributed by atoms with van der Waals surface area (Å²) in [5, 5.41) is 20.8. The van der Waals surface area contributed by atoms with Gasteiger partial charge in [0.05, 0.1) is 12.6 Å². The fraction of sp³-hybridized carbons (Fsp3) is 0.130. The van der Waals surface area contributed by atoms with Crippen LogP contribution >= 0.6 is 0 Å². The van der Waals surface area contributed by atoms with Gasteiger partial charge in [0.2, 0.25) is 0 Å². The number of nitrogens with zero attached hydrogens (tertiary/aromatic N) is 1. The number of halogens is 3. The van der Waals surface area contributed by atoms with Crippen LogP contribution in [-0.2, 0) is 0 Å². The number of para-hydroxylation sites is 1. The van der Waals surface area contributed by atoms with Crippen LogP contribution < -0.4 is 0 Å². The second-order valence-corrected chi connectivity index (χ2v) is 6.82. The zero-order chi connectivity index (χ0) is 20.5. The minimum atomic E-state index is -1.24. The fourth-order valence-electron chi connectivity index (χ4n) is 3.72. The maximum Gasteiger partial charge on any atom is 0.166 e. The molecule has 0 radical (unpaired) electrons. The molecule has 0 unspecified atom stereocenters. The molecule has 1 heterocycles. The van der Waals surface area contributed by atoms with Gasteiger partial charge < -0.3 is 14.8 Å². The van der Waals surface area contributed by atoms with E-state index >= 15 is 0 Å².